The van der Waals surface area contributed by atoms with E-state index in [0.29, 0.717) is 12.1 Å². The summed E-state index contributed by atoms with van der Waals surface area (Å²) >= 11 is 1.70. The number of aryl methyl sites for hydroxylation is 1. The van der Waals surface area contributed by atoms with Crippen molar-refractivity contribution in [1.29, 1.82) is 0 Å². The lowest BCUT2D eigenvalue weighted by atomic mass is 9.95. The highest BCUT2D eigenvalue weighted by atomic mass is 32.1. The van der Waals surface area contributed by atoms with Gasteiger partial charge in [-0.25, -0.2) is 0 Å². The second kappa shape index (κ2) is 6.96. The molecule has 0 saturated heterocycles. The molecule has 1 aliphatic rings. The molecule has 120 valence electrons. The lowest BCUT2D eigenvalue weighted by molar-refractivity contribution is 0.0948. The molecular weight excluding hydrogens is 308 g/mol. The molecule has 1 heterocycles. The van der Waals surface area contributed by atoms with Gasteiger partial charge in [-0.15, -0.1) is 11.3 Å². The van der Waals surface area contributed by atoms with E-state index in [4.69, 9.17) is 0 Å². The van der Waals surface area contributed by atoms with Crippen molar-refractivity contribution in [2.24, 2.45) is 0 Å². The van der Waals surface area contributed by atoms with Gasteiger partial charge in [0.15, 0.2) is 0 Å². The van der Waals surface area contributed by atoms with Crippen molar-refractivity contribution in [3.8, 4) is 0 Å². The predicted molar refractivity (Wildman–Crippen MR) is 92.0 cm³/mol. The van der Waals surface area contributed by atoms with Crippen LogP contribution in [-0.4, -0.2) is 18.9 Å². The Morgan fingerprint density at radius 2 is 2.00 bits per heavy atom. The summed E-state index contributed by atoms with van der Waals surface area (Å²) in [6, 6.07) is 7.32. The Morgan fingerprint density at radius 3 is 2.83 bits per heavy atom. The number of thiophene rings is 1. The molecule has 4 nitrogen and oxygen atoms in total. The SMILES string of the molecule is CNC(=O)c1cccc(CNC(=O)c2csc3c2CCCC3)c1. The van der Waals surface area contributed by atoms with E-state index < -0.39 is 0 Å². The van der Waals surface area contributed by atoms with Crippen LogP contribution in [0.4, 0.5) is 0 Å². The minimum absolute atomic E-state index is 0.0188. The first-order chi connectivity index (χ1) is 11.2. The number of nitrogens with one attached hydrogen (secondary N) is 2. The van der Waals surface area contributed by atoms with Gasteiger partial charge in [0.05, 0.1) is 5.56 Å². The van der Waals surface area contributed by atoms with Gasteiger partial charge in [0.2, 0.25) is 0 Å². The molecule has 1 aromatic carbocycles. The summed E-state index contributed by atoms with van der Waals surface area (Å²) in [5, 5.41) is 7.56. The van der Waals surface area contributed by atoms with Crippen molar-refractivity contribution in [2.45, 2.75) is 32.2 Å². The number of amides is 2. The predicted octanol–water partition coefficient (Wildman–Crippen LogP) is 2.92. The molecule has 0 radical (unpaired) electrons. The van der Waals surface area contributed by atoms with Crippen molar-refractivity contribution in [2.75, 3.05) is 7.05 Å². The van der Waals surface area contributed by atoms with Crippen molar-refractivity contribution < 1.29 is 9.59 Å². The maximum atomic E-state index is 12.4. The number of hydrogen-bond acceptors (Lipinski definition) is 3. The molecule has 1 aliphatic carbocycles. The zero-order valence-electron chi connectivity index (χ0n) is 13.1. The molecule has 2 amide bonds. The van der Waals surface area contributed by atoms with Gasteiger partial charge in [-0.3, -0.25) is 9.59 Å². The first-order valence-corrected chi connectivity index (χ1v) is 8.75. The van der Waals surface area contributed by atoms with E-state index in [2.05, 4.69) is 10.6 Å². The summed E-state index contributed by atoms with van der Waals surface area (Å²) in [4.78, 5) is 25.5. The number of benzene rings is 1. The summed E-state index contributed by atoms with van der Waals surface area (Å²) in [6.07, 6.45) is 4.49. The van der Waals surface area contributed by atoms with E-state index in [0.717, 1.165) is 30.4 Å². The van der Waals surface area contributed by atoms with Gasteiger partial charge >= 0.3 is 0 Å². The summed E-state index contributed by atoms with van der Waals surface area (Å²) in [7, 11) is 1.61. The Kier molecular flexibility index (Phi) is 4.76. The number of carbonyl (C=O) groups is 2. The van der Waals surface area contributed by atoms with Gasteiger partial charge in [0.1, 0.15) is 0 Å². The largest absolute Gasteiger partial charge is 0.355 e. The fourth-order valence-electron chi connectivity index (χ4n) is 2.93. The molecule has 0 unspecified atom stereocenters. The second-order valence-electron chi connectivity index (χ2n) is 5.72. The van der Waals surface area contributed by atoms with E-state index in [-0.39, 0.29) is 11.8 Å². The summed E-state index contributed by atoms with van der Waals surface area (Å²) in [6.45, 7) is 0.425. The van der Waals surface area contributed by atoms with Crippen LogP contribution in [0.5, 0.6) is 0 Å². The Bertz CT molecular complexity index is 736. The molecule has 2 N–H and O–H groups in total. The monoisotopic (exact) mass is 328 g/mol. The summed E-state index contributed by atoms with van der Waals surface area (Å²) in [5.41, 5.74) is 3.58. The Morgan fingerprint density at radius 1 is 1.17 bits per heavy atom. The number of carbonyl (C=O) groups excluding carboxylic acids is 2. The van der Waals surface area contributed by atoms with Crippen LogP contribution in [0.25, 0.3) is 0 Å². The first kappa shape index (κ1) is 15.7. The van der Waals surface area contributed by atoms with Crippen LogP contribution in [-0.2, 0) is 19.4 Å². The number of hydrogen-bond donors (Lipinski definition) is 2. The molecule has 0 atom stereocenters. The summed E-state index contributed by atoms with van der Waals surface area (Å²) in [5.74, 6) is -0.139. The van der Waals surface area contributed by atoms with E-state index in [9.17, 15) is 9.59 Å². The zero-order valence-corrected chi connectivity index (χ0v) is 14.0. The lowest BCUT2D eigenvalue weighted by Gasteiger charge is -2.13. The van der Waals surface area contributed by atoms with Crippen LogP contribution in [0.15, 0.2) is 29.6 Å². The quantitative estimate of drug-likeness (QED) is 0.906. The molecule has 0 spiro atoms. The maximum absolute atomic E-state index is 12.4. The smallest absolute Gasteiger partial charge is 0.252 e. The van der Waals surface area contributed by atoms with E-state index in [1.807, 2.05) is 23.6 Å². The third kappa shape index (κ3) is 3.45. The third-order valence-electron chi connectivity index (χ3n) is 4.18. The molecule has 5 heteroatoms. The lowest BCUT2D eigenvalue weighted by Crippen LogP contribution is -2.24. The third-order valence-corrected chi connectivity index (χ3v) is 5.26. The van der Waals surface area contributed by atoms with Crippen molar-refractivity contribution in [1.82, 2.24) is 10.6 Å². The zero-order chi connectivity index (χ0) is 16.2. The highest BCUT2D eigenvalue weighted by molar-refractivity contribution is 7.10. The van der Waals surface area contributed by atoms with Crippen molar-refractivity contribution in [3.63, 3.8) is 0 Å². The van der Waals surface area contributed by atoms with E-state index in [1.165, 1.54) is 16.9 Å². The standard InChI is InChI=1S/C18H20N2O2S/c1-19-17(21)13-6-4-5-12(9-13)10-20-18(22)15-11-23-16-8-3-2-7-14(15)16/h4-6,9,11H,2-3,7-8,10H2,1H3,(H,19,21)(H,20,22). The van der Waals surface area contributed by atoms with Gasteiger partial charge in [-0.05, 0) is 48.9 Å². The molecule has 0 saturated carbocycles. The minimum atomic E-state index is -0.120. The average molecular weight is 328 g/mol. The van der Waals surface area contributed by atoms with E-state index >= 15 is 0 Å². The molecule has 23 heavy (non-hydrogen) atoms. The molecule has 0 aliphatic heterocycles. The number of rotatable bonds is 4. The Labute approximate surface area is 139 Å². The van der Waals surface area contributed by atoms with Gasteiger partial charge in [0.25, 0.3) is 11.8 Å². The van der Waals surface area contributed by atoms with Crippen molar-refractivity contribution in [3.05, 3.63) is 56.8 Å². The normalized spacial score (nSPS) is 13.3. The molecular formula is C18H20N2O2S. The summed E-state index contributed by atoms with van der Waals surface area (Å²) < 4.78 is 0. The molecule has 3 rings (SSSR count). The van der Waals surface area contributed by atoms with Gasteiger partial charge in [0, 0.05) is 29.4 Å². The Hall–Kier alpha value is -2.14. The second-order valence-corrected chi connectivity index (χ2v) is 6.68. The van der Waals surface area contributed by atoms with Gasteiger partial charge in [-0.1, -0.05) is 12.1 Å². The fourth-order valence-corrected chi connectivity index (χ4v) is 4.05. The maximum Gasteiger partial charge on any atom is 0.252 e. The van der Waals surface area contributed by atoms with Crippen LogP contribution in [0.2, 0.25) is 0 Å². The highest BCUT2D eigenvalue weighted by Crippen LogP contribution is 2.30. The van der Waals surface area contributed by atoms with Crippen LogP contribution in [0.1, 0.15) is 49.6 Å². The van der Waals surface area contributed by atoms with E-state index in [1.54, 1.807) is 24.5 Å². The topological polar surface area (TPSA) is 58.2 Å². The fraction of sp³-hybridized carbons (Fsp3) is 0.333. The van der Waals surface area contributed by atoms with Crippen LogP contribution in [0.3, 0.4) is 0 Å². The first-order valence-electron chi connectivity index (χ1n) is 7.87. The minimum Gasteiger partial charge on any atom is -0.355 e. The molecule has 0 fully saturated rings. The molecule has 0 bridgehead atoms. The van der Waals surface area contributed by atoms with Crippen molar-refractivity contribution >= 4 is 23.2 Å². The molecule has 2 aromatic rings. The van der Waals surface area contributed by atoms with Crippen LogP contribution < -0.4 is 10.6 Å². The Balaban J connectivity index is 1.67. The van der Waals surface area contributed by atoms with Crippen LogP contribution in [0, 0.1) is 0 Å². The average Bonchev–Trinajstić information content (AvgIpc) is 3.03. The number of fused-ring (bicyclic) bond motifs is 1. The van der Waals surface area contributed by atoms with Gasteiger partial charge in [-0.2, -0.15) is 0 Å². The highest BCUT2D eigenvalue weighted by Gasteiger charge is 2.19. The van der Waals surface area contributed by atoms with Crippen LogP contribution >= 0.6 is 11.3 Å². The molecule has 1 aromatic heterocycles. The van der Waals surface area contributed by atoms with Gasteiger partial charge < -0.3 is 10.6 Å².